The van der Waals surface area contributed by atoms with Crippen molar-refractivity contribution in [1.29, 1.82) is 5.26 Å². The van der Waals surface area contributed by atoms with Crippen LogP contribution in [0.25, 0.3) is 22.9 Å². The average molecular weight is 416 g/mol. The number of nitrogens with zero attached hydrogens (tertiary/aromatic N) is 5. The van der Waals surface area contributed by atoms with Crippen LogP contribution in [-0.4, -0.2) is 19.2 Å². The van der Waals surface area contributed by atoms with Crippen molar-refractivity contribution < 1.29 is 9.85 Å². The van der Waals surface area contributed by atoms with E-state index in [0.29, 0.717) is 16.6 Å². The second kappa shape index (κ2) is 7.20. The fourth-order valence-corrected chi connectivity index (χ4v) is 3.36. The van der Waals surface area contributed by atoms with Gasteiger partial charge in [-0.15, -0.1) is 0 Å². The number of hydrogen-bond donors (Lipinski definition) is 1. The monoisotopic (exact) mass is 416 g/mol. The van der Waals surface area contributed by atoms with E-state index in [4.69, 9.17) is 0 Å². The molecule has 11 heteroatoms. The number of hydrogen-bond acceptors (Lipinski definition) is 8. The van der Waals surface area contributed by atoms with Gasteiger partial charge in [0.2, 0.25) is 0 Å². The van der Waals surface area contributed by atoms with Crippen LogP contribution < -0.4 is 16.1 Å². The first kappa shape index (κ1) is 19.5. The number of pyridine rings is 1. The Balaban J connectivity index is 1.93. The molecule has 11 nitrogen and oxygen atoms in total. The van der Waals surface area contributed by atoms with E-state index in [9.17, 15) is 30.3 Å². The van der Waals surface area contributed by atoms with Crippen LogP contribution in [0.15, 0.2) is 47.3 Å². The number of fused-ring (bicyclic) bond motifs is 3. The summed E-state index contributed by atoms with van der Waals surface area (Å²) in [6.45, 7) is 1.60. The lowest BCUT2D eigenvalue weighted by Gasteiger charge is -2.04. The highest BCUT2D eigenvalue weighted by atomic mass is 16.6. The van der Waals surface area contributed by atoms with E-state index in [2.05, 4.69) is 16.4 Å². The predicted octanol–water partition coefficient (Wildman–Crippen LogP) is 2.41. The molecular weight excluding hydrogens is 404 g/mol. The van der Waals surface area contributed by atoms with Crippen LogP contribution in [-0.2, 0) is 0 Å². The van der Waals surface area contributed by atoms with Crippen molar-refractivity contribution in [3.05, 3.63) is 89.4 Å². The topological polar surface area (TPSA) is 156 Å². The number of nitrogens with one attached hydrogen (secondary N) is 1. The van der Waals surface area contributed by atoms with E-state index in [1.165, 1.54) is 16.7 Å². The lowest BCUT2D eigenvalue weighted by atomic mass is 10.1. The summed E-state index contributed by atoms with van der Waals surface area (Å²) in [6.07, 6.45) is 1.32. The zero-order valence-corrected chi connectivity index (χ0v) is 15.9. The van der Waals surface area contributed by atoms with Gasteiger partial charge in [0.25, 0.3) is 5.56 Å². The van der Waals surface area contributed by atoms with Gasteiger partial charge in [-0.1, -0.05) is 12.1 Å². The summed E-state index contributed by atoms with van der Waals surface area (Å²) in [6, 6.07) is 12.3. The smallest absolute Gasteiger partial charge is 0.348 e. The number of aromatic nitrogens is 2. The molecule has 4 aromatic rings. The fourth-order valence-electron chi connectivity index (χ4n) is 3.36. The number of benzene rings is 2. The molecule has 0 fully saturated rings. The van der Waals surface area contributed by atoms with Crippen molar-refractivity contribution in [2.75, 3.05) is 5.32 Å². The van der Waals surface area contributed by atoms with Crippen LogP contribution in [0.1, 0.15) is 11.1 Å². The molecule has 0 saturated carbocycles. The second-order valence-corrected chi connectivity index (χ2v) is 6.60. The zero-order valence-electron chi connectivity index (χ0n) is 15.9. The van der Waals surface area contributed by atoms with Gasteiger partial charge in [0.1, 0.15) is 6.07 Å². The Kier molecular flexibility index (Phi) is 4.52. The Labute approximate surface area is 172 Å². The summed E-state index contributed by atoms with van der Waals surface area (Å²) < 4.78 is 1.34. The molecule has 0 radical (unpaired) electrons. The molecular formula is C20H12N6O5. The van der Waals surface area contributed by atoms with Crippen molar-refractivity contribution in [2.45, 2.75) is 6.92 Å². The third-order valence-corrected chi connectivity index (χ3v) is 4.86. The van der Waals surface area contributed by atoms with Crippen molar-refractivity contribution >= 4 is 39.9 Å². The second-order valence-electron chi connectivity index (χ2n) is 6.60. The Bertz CT molecular complexity index is 1570. The lowest BCUT2D eigenvalue weighted by molar-refractivity contribution is -0.422. The molecule has 4 rings (SSSR count). The zero-order chi connectivity index (χ0) is 22.3. The van der Waals surface area contributed by atoms with E-state index < -0.39 is 26.8 Å². The van der Waals surface area contributed by atoms with Gasteiger partial charge in [0.15, 0.2) is 5.65 Å². The van der Waals surface area contributed by atoms with Crippen LogP contribution in [0.2, 0.25) is 0 Å². The molecule has 0 spiro atoms. The van der Waals surface area contributed by atoms with Gasteiger partial charge in [-0.25, -0.2) is 4.98 Å². The summed E-state index contributed by atoms with van der Waals surface area (Å²) >= 11 is 0. The Morgan fingerprint density at radius 3 is 2.52 bits per heavy atom. The first-order valence-electron chi connectivity index (χ1n) is 8.87. The molecule has 2 aromatic carbocycles. The van der Waals surface area contributed by atoms with Crippen LogP contribution in [0.3, 0.4) is 0 Å². The summed E-state index contributed by atoms with van der Waals surface area (Å²) in [5.41, 5.74) is 0.373. The van der Waals surface area contributed by atoms with Crippen LogP contribution in [0.4, 0.5) is 17.1 Å². The number of nitro groups is 2. The first-order valence-corrected chi connectivity index (χ1v) is 8.87. The van der Waals surface area contributed by atoms with E-state index in [1.807, 2.05) is 0 Å². The Morgan fingerprint density at radius 1 is 1.13 bits per heavy atom. The third-order valence-electron chi connectivity index (χ3n) is 4.86. The van der Waals surface area contributed by atoms with Gasteiger partial charge >= 0.3 is 11.4 Å². The lowest BCUT2D eigenvalue weighted by Crippen LogP contribution is -2.34. The first-order chi connectivity index (χ1) is 14.8. The number of para-hydroxylation sites is 2. The number of anilines is 1. The molecule has 1 N–H and O–H groups in total. The van der Waals surface area contributed by atoms with E-state index >= 15 is 0 Å². The highest BCUT2D eigenvalue weighted by Crippen LogP contribution is 2.29. The Morgan fingerprint density at radius 2 is 1.84 bits per heavy atom. The summed E-state index contributed by atoms with van der Waals surface area (Å²) in [5.74, 6) is 0. The van der Waals surface area contributed by atoms with E-state index in [-0.39, 0.29) is 22.1 Å². The van der Waals surface area contributed by atoms with Crippen LogP contribution in [0, 0.1) is 38.5 Å². The van der Waals surface area contributed by atoms with Crippen LogP contribution in [0.5, 0.6) is 0 Å². The molecule has 0 atom stereocenters. The van der Waals surface area contributed by atoms with Crippen molar-refractivity contribution in [3.63, 3.8) is 0 Å². The fraction of sp³-hybridized carbons (Fsp3) is 0.0500. The van der Waals surface area contributed by atoms with Gasteiger partial charge in [-0.3, -0.25) is 29.4 Å². The van der Waals surface area contributed by atoms with E-state index in [1.54, 1.807) is 31.2 Å². The van der Waals surface area contributed by atoms with E-state index in [0.717, 1.165) is 12.1 Å². The molecule has 0 aliphatic rings. The third kappa shape index (κ3) is 3.08. The molecule has 31 heavy (non-hydrogen) atoms. The van der Waals surface area contributed by atoms with Crippen molar-refractivity contribution in [2.24, 2.45) is 0 Å². The maximum absolute atomic E-state index is 13.2. The normalized spacial score (nSPS) is 11.5. The molecule has 0 unspecified atom stereocenters. The predicted molar refractivity (Wildman–Crippen MR) is 111 cm³/mol. The molecule has 2 aromatic heterocycles. The minimum Gasteiger partial charge on any atom is -0.361 e. The SMILES string of the molecule is Cc1c(C#N)c2nc3ccccc3n2c(=O)/c1=C\Nc1ccc([N+](=O)[O-])c([N+](=O)[O-])c1. The summed E-state index contributed by atoms with van der Waals surface area (Å²) in [5, 5.41) is 34.7. The highest BCUT2D eigenvalue weighted by Gasteiger charge is 2.24. The maximum atomic E-state index is 13.2. The minimum atomic E-state index is -0.856. The molecule has 2 heterocycles. The van der Waals surface area contributed by atoms with Gasteiger partial charge in [0, 0.05) is 24.0 Å². The molecule has 0 saturated heterocycles. The molecule has 0 bridgehead atoms. The molecule has 0 aliphatic heterocycles. The highest BCUT2D eigenvalue weighted by molar-refractivity contribution is 5.82. The number of imidazole rings is 1. The average Bonchev–Trinajstić information content (AvgIpc) is 3.13. The molecule has 152 valence electrons. The maximum Gasteiger partial charge on any atom is 0.348 e. The largest absolute Gasteiger partial charge is 0.361 e. The van der Waals surface area contributed by atoms with Gasteiger partial charge < -0.3 is 5.32 Å². The number of nitriles is 1. The number of nitro benzene ring substituents is 2. The quantitative estimate of drug-likeness (QED) is 0.392. The van der Waals surface area contributed by atoms with Crippen LogP contribution >= 0.6 is 0 Å². The molecule has 0 aliphatic carbocycles. The van der Waals surface area contributed by atoms with Gasteiger partial charge in [0.05, 0.1) is 31.7 Å². The molecule has 0 amide bonds. The Hall–Kier alpha value is -4.85. The van der Waals surface area contributed by atoms with Gasteiger partial charge in [-0.05, 0) is 30.7 Å². The minimum absolute atomic E-state index is 0.160. The van der Waals surface area contributed by atoms with Crippen molar-refractivity contribution in [1.82, 2.24) is 9.38 Å². The number of rotatable bonds is 4. The summed E-state index contributed by atoms with van der Waals surface area (Å²) in [4.78, 5) is 38.0. The standard InChI is InChI=1S/C20H12N6O5/c1-11-13(9-21)19-23-15-4-2-3-5-16(15)24(19)20(27)14(11)10-22-12-6-7-17(25(28)29)18(8-12)26(30)31/h2-8,10,22H,1H3/b14-10-. The van der Waals surface area contributed by atoms with Gasteiger partial charge in [-0.2, -0.15) is 5.26 Å². The summed E-state index contributed by atoms with van der Waals surface area (Å²) in [7, 11) is 0. The van der Waals surface area contributed by atoms with Crippen molar-refractivity contribution in [3.8, 4) is 6.07 Å².